The molecule has 2 fully saturated rings. The monoisotopic (exact) mass is 270 g/mol. The molecule has 2 aromatic rings. The average molecular weight is 270 g/mol. The lowest BCUT2D eigenvalue weighted by molar-refractivity contribution is 0.0969. The standard InChI is InChI=1S/C16H22N4/c1-5-16(6-8-17-11-16)12-20(9-1)10-14-3-2-13-4-7-18-15(13)19-14/h2-4,7,17H,1,5-6,8-12H2,(H,18,19). The number of pyridine rings is 1. The first-order valence-corrected chi connectivity index (χ1v) is 7.69. The molecule has 2 N–H and O–H groups in total. The molecular weight excluding hydrogens is 248 g/mol. The summed E-state index contributed by atoms with van der Waals surface area (Å²) in [6, 6.07) is 6.42. The van der Waals surface area contributed by atoms with Crippen LogP contribution >= 0.6 is 0 Å². The Balaban J connectivity index is 1.50. The van der Waals surface area contributed by atoms with E-state index in [1.807, 2.05) is 6.20 Å². The maximum Gasteiger partial charge on any atom is 0.137 e. The van der Waals surface area contributed by atoms with Crippen LogP contribution < -0.4 is 5.32 Å². The van der Waals surface area contributed by atoms with Crippen LogP contribution in [0.3, 0.4) is 0 Å². The molecule has 0 aromatic carbocycles. The molecule has 20 heavy (non-hydrogen) atoms. The molecule has 0 aliphatic carbocycles. The Morgan fingerprint density at radius 1 is 1.25 bits per heavy atom. The SMILES string of the molecule is c1cc2ccc(CN3CCCC4(CCNC4)C3)nc2[nH]1. The van der Waals surface area contributed by atoms with Gasteiger partial charge in [-0.05, 0) is 56.0 Å². The van der Waals surface area contributed by atoms with Crippen LogP contribution in [0.2, 0.25) is 0 Å². The zero-order valence-corrected chi connectivity index (χ0v) is 11.9. The Hall–Kier alpha value is -1.39. The number of aromatic amines is 1. The fraction of sp³-hybridized carbons (Fsp3) is 0.562. The van der Waals surface area contributed by atoms with E-state index in [9.17, 15) is 0 Å². The van der Waals surface area contributed by atoms with Gasteiger partial charge in [-0.15, -0.1) is 0 Å². The van der Waals surface area contributed by atoms with Gasteiger partial charge in [-0.1, -0.05) is 0 Å². The van der Waals surface area contributed by atoms with Gasteiger partial charge in [0.15, 0.2) is 0 Å². The smallest absolute Gasteiger partial charge is 0.137 e. The molecule has 0 radical (unpaired) electrons. The van der Waals surface area contributed by atoms with Gasteiger partial charge < -0.3 is 10.3 Å². The maximum atomic E-state index is 4.73. The van der Waals surface area contributed by atoms with E-state index in [1.165, 1.54) is 56.5 Å². The fourth-order valence-corrected chi connectivity index (χ4v) is 3.88. The third kappa shape index (κ3) is 2.23. The lowest BCUT2D eigenvalue weighted by atomic mass is 9.79. The Labute approximate surface area is 119 Å². The number of piperidine rings is 1. The molecule has 0 saturated carbocycles. The largest absolute Gasteiger partial charge is 0.346 e. The van der Waals surface area contributed by atoms with Crippen molar-refractivity contribution < 1.29 is 0 Å². The first-order chi connectivity index (χ1) is 9.83. The van der Waals surface area contributed by atoms with Gasteiger partial charge in [0, 0.05) is 31.2 Å². The summed E-state index contributed by atoms with van der Waals surface area (Å²) in [6.07, 6.45) is 6.01. The van der Waals surface area contributed by atoms with E-state index in [1.54, 1.807) is 0 Å². The first kappa shape index (κ1) is 12.4. The molecule has 4 rings (SSSR count). The maximum absolute atomic E-state index is 4.73. The molecule has 2 aliphatic rings. The molecule has 2 aliphatic heterocycles. The summed E-state index contributed by atoms with van der Waals surface area (Å²) in [4.78, 5) is 10.5. The number of fused-ring (bicyclic) bond motifs is 1. The van der Waals surface area contributed by atoms with Crippen molar-refractivity contribution in [3.05, 3.63) is 30.1 Å². The minimum atomic E-state index is 0.536. The fourth-order valence-electron chi connectivity index (χ4n) is 3.88. The topological polar surface area (TPSA) is 44.0 Å². The van der Waals surface area contributed by atoms with Gasteiger partial charge in [0.2, 0.25) is 0 Å². The highest BCUT2D eigenvalue weighted by atomic mass is 15.2. The molecule has 4 heterocycles. The van der Waals surface area contributed by atoms with Crippen molar-refractivity contribution in [2.24, 2.45) is 5.41 Å². The van der Waals surface area contributed by atoms with Crippen molar-refractivity contribution in [2.45, 2.75) is 25.8 Å². The summed E-state index contributed by atoms with van der Waals surface area (Å²) in [5.41, 5.74) is 2.73. The van der Waals surface area contributed by atoms with E-state index in [-0.39, 0.29) is 0 Å². The van der Waals surface area contributed by atoms with Crippen LogP contribution in [-0.2, 0) is 6.54 Å². The van der Waals surface area contributed by atoms with Gasteiger partial charge in [0.1, 0.15) is 5.65 Å². The Morgan fingerprint density at radius 3 is 3.15 bits per heavy atom. The molecule has 2 aromatic heterocycles. The van der Waals surface area contributed by atoms with Crippen LogP contribution in [-0.4, -0.2) is 41.0 Å². The predicted octanol–water partition coefficient (Wildman–Crippen LogP) is 2.14. The molecule has 0 amide bonds. The number of hydrogen-bond donors (Lipinski definition) is 2. The van der Waals surface area contributed by atoms with E-state index < -0.39 is 0 Å². The van der Waals surface area contributed by atoms with Crippen molar-refractivity contribution in [3.63, 3.8) is 0 Å². The van der Waals surface area contributed by atoms with Crippen molar-refractivity contribution >= 4 is 11.0 Å². The average Bonchev–Trinajstić information content (AvgIpc) is 3.08. The van der Waals surface area contributed by atoms with Gasteiger partial charge in [-0.2, -0.15) is 0 Å². The van der Waals surface area contributed by atoms with Crippen LogP contribution in [0, 0.1) is 5.41 Å². The zero-order valence-electron chi connectivity index (χ0n) is 11.9. The zero-order chi connectivity index (χ0) is 13.4. The molecule has 106 valence electrons. The third-order valence-corrected chi connectivity index (χ3v) is 4.93. The lowest BCUT2D eigenvalue weighted by Gasteiger charge is -2.39. The van der Waals surface area contributed by atoms with E-state index in [2.05, 4.69) is 33.4 Å². The Bertz CT molecular complexity index is 597. The minimum Gasteiger partial charge on any atom is -0.346 e. The van der Waals surface area contributed by atoms with Crippen LogP contribution in [0.4, 0.5) is 0 Å². The third-order valence-electron chi connectivity index (χ3n) is 4.93. The van der Waals surface area contributed by atoms with E-state index in [0.29, 0.717) is 5.41 Å². The highest BCUT2D eigenvalue weighted by Crippen LogP contribution is 2.35. The van der Waals surface area contributed by atoms with Crippen LogP contribution in [0.25, 0.3) is 11.0 Å². The number of hydrogen-bond acceptors (Lipinski definition) is 3. The van der Waals surface area contributed by atoms with Crippen molar-refractivity contribution in [2.75, 3.05) is 26.2 Å². The first-order valence-electron chi connectivity index (χ1n) is 7.69. The number of rotatable bonds is 2. The summed E-state index contributed by atoms with van der Waals surface area (Å²) >= 11 is 0. The molecule has 1 unspecified atom stereocenters. The van der Waals surface area contributed by atoms with Crippen LogP contribution in [0.5, 0.6) is 0 Å². The highest BCUT2D eigenvalue weighted by Gasteiger charge is 2.37. The highest BCUT2D eigenvalue weighted by molar-refractivity contribution is 5.75. The van der Waals surface area contributed by atoms with E-state index >= 15 is 0 Å². The van der Waals surface area contributed by atoms with E-state index in [4.69, 9.17) is 4.98 Å². The number of likely N-dealkylation sites (tertiary alicyclic amines) is 1. The quantitative estimate of drug-likeness (QED) is 0.878. The molecule has 4 heteroatoms. The molecule has 2 saturated heterocycles. The number of aromatic nitrogens is 2. The predicted molar refractivity (Wildman–Crippen MR) is 80.5 cm³/mol. The van der Waals surface area contributed by atoms with E-state index in [0.717, 1.165) is 12.2 Å². The Morgan fingerprint density at radius 2 is 2.25 bits per heavy atom. The summed E-state index contributed by atoms with van der Waals surface area (Å²) in [5, 5.41) is 4.74. The number of H-pyrrole nitrogens is 1. The normalized spacial score (nSPS) is 27.6. The van der Waals surface area contributed by atoms with Crippen LogP contribution in [0.15, 0.2) is 24.4 Å². The Kier molecular flexibility index (Phi) is 3.00. The molecular formula is C16H22N4. The number of nitrogens with one attached hydrogen (secondary N) is 2. The van der Waals surface area contributed by atoms with Gasteiger partial charge in [0.05, 0.1) is 5.69 Å². The second-order valence-corrected chi connectivity index (χ2v) is 6.46. The summed E-state index contributed by atoms with van der Waals surface area (Å²) in [5.74, 6) is 0. The molecule has 0 bridgehead atoms. The lowest BCUT2D eigenvalue weighted by Crippen LogP contribution is -2.44. The molecule has 1 spiro atoms. The summed E-state index contributed by atoms with van der Waals surface area (Å²) < 4.78 is 0. The van der Waals surface area contributed by atoms with Crippen molar-refractivity contribution in [3.8, 4) is 0 Å². The van der Waals surface area contributed by atoms with Gasteiger partial charge in [0.25, 0.3) is 0 Å². The number of nitrogens with zero attached hydrogens (tertiary/aromatic N) is 2. The second-order valence-electron chi connectivity index (χ2n) is 6.46. The van der Waals surface area contributed by atoms with Gasteiger partial charge in [-0.25, -0.2) is 4.98 Å². The van der Waals surface area contributed by atoms with Gasteiger partial charge >= 0.3 is 0 Å². The molecule has 4 nitrogen and oxygen atoms in total. The molecule has 1 atom stereocenters. The minimum absolute atomic E-state index is 0.536. The second kappa shape index (κ2) is 4.86. The summed E-state index contributed by atoms with van der Waals surface area (Å²) in [6.45, 7) is 5.82. The van der Waals surface area contributed by atoms with Crippen molar-refractivity contribution in [1.82, 2.24) is 20.2 Å². The summed E-state index contributed by atoms with van der Waals surface area (Å²) in [7, 11) is 0. The van der Waals surface area contributed by atoms with Gasteiger partial charge in [-0.3, -0.25) is 4.90 Å². The van der Waals surface area contributed by atoms with Crippen LogP contribution in [0.1, 0.15) is 25.0 Å². The van der Waals surface area contributed by atoms with Crippen molar-refractivity contribution in [1.29, 1.82) is 0 Å².